The van der Waals surface area contributed by atoms with Crippen LogP contribution in [0, 0.1) is 0 Å². The molecule has 1 saturated heterocycles. The van der Waals surface area contributed by atoms with Crippen LogP contribution in [-0.2, 0) is 0 Å². The maximum absolute atomic E-state index is 6.12. The second-order valence-corrected chi connectivity index (χ2v) is 6.74. The first-order valence-electron chi connectivity index (χ1n) is 6.40. The summed E-state index contributed by atoms with van der Waals surface area (Å²) in [5.74, 6) is 1.15. The molecule has 1 aromatic heterocycles. The molecule has 0 saturated carbocycles. The molecule has 1 aliphatic rings. The summed E-state index contributed by atoms with van der Waals surface area (Å²) in [6.07, 6.45) is 4.92. The largest absolute Gasteiger partial charge is 0.380 e. The Morgan fingerprint density at radius 1 is 1.47 bits per heavy atom. The van der Waals surface area contributed by atoms with Crippen LogP contribution in [0.2, 0.25) is 5.02 Å². The number of halogens is 1. The Labute approximate surface area is 122 Å². The Morgan fingerprint density at radius 3 is 3.05 bits per heavy atom. The first-order valence-corrected chi connectivity index (χ1v) is 7.83. The van der Waals surface area contributed by atoms with Crippen molar-refractivity contribution in [2.75, 3.05) is 11.1 Å². The summed E-state index contributed by atoms with van der Waals surface area (Å²) in [4.78, 5) is 0. The lowest BCUT2D eigenvalue weighted by atomic mass is 10.1. The summed E-state index contributed by atoms with van der Waals surface area (Å²) in [6.45, 7) is 2.28. The van der Waals surface area contributed by atoms with E-state index in [-0.39, 0.29) is 0 Å². The van der Waals surface area contributed by atoms with E-state index in [1.807, 2.05) is 46.9 Å². The van der Waals surface area contributed by atoms with Crippen molar-refractivity contribution in [3.05, 3.63) is 41.7 Å². The van der Waals surface area contributed by atoms with Gasteiger partial charge < -0.3 is 5.32 Å². The normalized spacial score (nSPS) is 22.6. The smallest absolute Gasteiger partial charge is 0.0877 e. The van der Waals surface area contributed by atoms with Crippen LogP contribution in [0.1, 0.15) is 13.3 Å². The number of aromatic nitrogens is 2. The van der Waals surface area contributed by atoms with Crippen LogP contribution in [0.4, 0.5) is 5.69 Å². The van der Waals surface area contributed by atoms with Gasteiger partial charge in [-0.3, -0.25) is 0 Å². The van der Waals surface area contributed by atoms with Crippen molar-refractivity contribution in [3.63, 3.8) is 0 Å². The molecular formula is C14H16ClN3S. The van der Waals surface area contributed by atoms with Crippen LogP contribution in [0.3, 0.4) is 0 Å². The maximum atomic E-state index is 6.12. The fraction of sp³-hybridized carbons (Fsp3) is 0.357. The van der Waals surface area contributed by atoms with Gasteiger partial charge in [-0.2, -0.15) is 16.9 Å². The van der Waals surface area contributed by atoms with Crippen molar-refractivity contribution in [2.45, 2.75) is 24.6 Å². The Kier molecular flexibility index (Phi) is 3.71. The molecule has 0 spiro atoms. The average Bonchev–Trinajstić information content (AvgIpc) is 3.01. The molecule has 100 valence electrons. The summed E-state index contributed by atoms with van der Waals surface area (Å²) in [5, 5.41) is 9.37. The van der Waals surface area contributed by atoms with Gasteiger partial charge in [0.15, 0.2) is 0 Å². The highest BCUT2D eigenvalue weighted by molar-refractivity contribution is 8.00. The predicted molar refractivity (Wildman–Crippen MR) is 82.5 cm³/mol. The fourth-order valence-corrected chi connectivity index (χ4v) is 3.69. The Hall–Kier alpha value is -1.13. The van der Waals surface area contributed by atoms with Gasteiger partial charge in [-0.15, -0.1) is 0 Å². The molecule has 2 unspecified atom stereocenters. The topological polar surface area (TPSA) is 29.9 Å². The molecule has 1 aromatic carbocycles. The van der Waals surface area contributed by atoms with E-state index in [4.69, 9.17) is 11.6 Å². The highest BCUT2D eigenvalue weighted by atomic mass is 35.5. The van der Waals surface area contributed by atoms with Gasteiger partial charge in [0.25, 0.3) is 0 Å². The zero-order valence-electron chi connectivity index (χ0n) is 10.7. The van der Waals surface area contributed by atoms with Crippen molar-refractivity contribution in [1.29, 1.82) is 0 Å². The SMILES string of the molecule is CC1CC(Nc2cc(Cl)ccc2-n2cccn2)CS1. The van der Waals surface area contributed by atoms with E-state index in [0.717, 1.165) is 27.4 Å². The first-order chi connectivity index (χ1) is 9.22. The molecular weight excluding hydrogens is 278 g/mol. The minimum absolute atomic E-state index is 0.507. The second-order valence-electron chi connectivity index (χ2n) is 4.83. The molecule has 2 atom stereocenters. The predicted octanol–water partition coefficient (Wildman–Crippen LogP) is 3.83. The molecule has 1 aliphatic heterocycles. The van der Waals surface area contributed by atoms with E-state index in [2.05, 4.69) is 17.3 Å². The monoisotopic (exact) mass is 293 g/mol. The average molecular weight is 294 g/mol. The first kappa shape index (κ1) is 12.9. The number of anilines is 1. The summed E-state index contributed by atoms with van der Waals surface area (Å²) >= 11 is 8.13. The van der Waals surface area contributed by atoms with Gasteiger partial charge >= 0.3 is 0 Å². The third kappa shape index (κ3) is 2.90. The number of nitrogens with one attached hydrogen (secondary N) is 1. The molecule has 0 radical (unpaired) electrons. The lowest BCUT2D eigenvalue weighted by Crippen LogP contribution is -2.20. The Morgan fingerprint density at radius 2 is 2.37 bits per heavy atom. The summed E-state index contributed by atoms with van der Waals surface area (Å²) < 4.78 is 1.87. The van der Waals surface area contributed by atoms with E-state index in [0.29, 0.717) is 6.04 Å². The molecule has 0 aliphatic carbocycles. The van der Waals surface area contributed by atoms with Gasteiger partial charge in [0.1, 0.15) is 0 Å². The van der Waals surface area contributed by atoms with Crippen LogP contribution >= 0.6 is 23.4 Å². The third-order valence-electron chi connectivity index (χ3n) is 3.27. The van der Waals surface area contributed by atoms with Crippen LogP contribution in [0.15, 0.2) is 36.7 Å². The van der Waals surface area contributed by atoms with Crippen molar-refractivity contribution in [2.24, 2.45) is 0 Å². The lowest BCUT2D eigenvalue weighted by Gasteiger charge is -2.17. The van der Waals surface area contributed by atoms with E-state index in [1.54, 1.807) is 6.20 Å². The number of hydrogen-bond donors (Lipinski definition) is 1. The number of thioether (sulfide) groups is 1. The third-order valence-corrected chi connectivity index (χ3v) is 4.86. The minimum atomic E-state index is 0.507. The van der Waals surface area contributed by atoms with Crippen LogP contribution < -0.4 is 5.32 Å². The van der Waals surface area contributed by atoms with Gasteiger partial charge in [0.05, 0.1) is 11.4 Å². The molecule has 2 heterocycles. The molecule has 0 amide bonds. The highest BCUT2D eigenvalue weighted by Crippen LogP contribution is 2.31. The summed E-state index contributed by atoms with van der Waals surface area (Å²) in [6, 6.07) is 8.31. The van der Waals surface area contributed by atoms with Crippen molar-refractivity contribution >= 4 is 29.1 Å². The number of rotatable bonds is 3. The standard InChI is InChI=1S/C14H16ClN3S/c1-10-7-12(9-19-10)17-13-8-11(15)3-4-14(13)18-6-2-5-16-18/h2-6,8,10,12,17H,7,9H2,1H3. The van der Waals surface area contributed by atoms with E-state index in [1.165, 1.54) is 6.42 Å². The lowest BCUT2D eigenvalue weighted by molar-refractivity contribution is 0.744. The van der Waals surface area contributed by atoms with Crippen molar-refractivity contribution in [1.82, 2.24) is 9.78 Å². The highest BCUT2D eigenvalue weighted by Gasteiger charge is 2.22. The molecule has 2 aromatic rings. The van der Waals surface area contributed by atoms with Gasteiger partial charge in [-0.1, -0.05) is 18.5 Å². The van der Waals surface area contributed by atoms with Crippen LogP contribution in [-0.4, -0.2) is 26.8 Å². The number of hydrogen-bond acceptors (Lipinski definition) is 3. The van der Waals surface area contributed by atoms with Gasteiger partial charge in [-0.05, 0) is 30.7 Å². The summed E-state index contributed by atoms with van der Waals surface area (Å²) in [5.41, 5.74) is 2.09. The molecule has 19 heavy (non-hydrogen) atoms. The zero-order chi connectivity index (χ0) is 13.2. The van der Waals surface area contributed by atoms with E-state index < -0.39 is 0 Å². The maximum Gasteiger partial charge on any atom is 0.0877 e. The molecule has 5 heteroatoms. The minimum Gasteiger partial charge on any atom is -0.380 e. The van der Waals surface area contributed by atoms with Gasteiger partial charge in [-0.25, -0.2) is 4.68 Å². The zero-order valence-corrected chi connectivity index (χ0v) is 12.3. The molecule has 3 nitrogen and oxygen atoms in total. The van der Waals surface area contributed by atoms with E-state index >= 15 is 0 Å². The van der Waals surface area contributed by atoms with Crippen molar-refractivity contribution in [3.8, 4) is 5.69 Å². The summed E-state index contributed by atoms with van der Waals surface area (Å²) in [7, 11) is 0. The molecule has 1 N–H and O–H groups in total. The van der Waals surface area contributed by atoms with Gasteiger partial charge in [0, 0.05) is 34.5 Å². The number of benzene rings is 1. The Bertz CT molecular complexity index is 556. The van der Waals surface area contributed by atoms with Crippen LogP contribution in [0.25, 0.3) is 5.69 Å². The molecule has 0 bridgehead atoms. The van der Waals surface area contributed by atoms with Crippen molar-refractivity contribution < 1.29 is 0 Å². The molecule has 1 fully saturated rings. The quantitative estimate of drug-likeness (QED) is 0.933. The number of nitrogens with zero attached hydrogens (tertiary/aromatic N) is 2. The fourth-order valence-electron chi connectivity index (χ4n) is 2.37. The Balaban J connectivity index is 1.89. The van der Waals surface area contributed by atoms with Gasteiger partial charge in [0.2, 0.25) is 0 Å². The van der Waals surface area contributed by atoms with E-state index in [9.17, 15) is 0 Å². The molecule has 3 rings (SSSR count). The second kappa shape index (κ2) is 5.47. The van der Waals surface area contributed by atoms with Crippen LogP contribution in [0.5, 0.6) is 0 Å².